The molecule has 4 aromatic rings. The minimum absolute atomic E-state index is 0.0741. The van der Waals surface area contributed by atoms with E-state index >= 15 is 0 Å². The minimum Gasteiger partial charge on any atom is -0.375 e. The number of rotatable bonds is 2. The lowest BCUT2D eigenvalue weighted by Gasteiger charge is -2.22. The quantitative estimate of drug-likeness (QED) is 0.457. The highest BCUT2D eigenvalue weighted by Gasteiger charge is 2.35. The Bertz CT molecular complexity index is 1510. The number of aromatic nitrogens is 2. The van der Waals surface area contributed by atoms with Crippen molar-refractivity contribution in [1.82, 2.24) is 19.4 Å². The van der Waals surface area contributed by atoms with Crippen molar-refractivity contribution in [3.8, 4) is 0 Å². The Morgan fingerprint density at radius 3 is 1.97 bits per heavy atom. The van der Waals surface area contributed by atoms with E-state index in [4.69, 9.17) is 4.74 Å². The fourth-order valence-electron chi connectivity index (χ4n) is 5.47. The van der Waals surface area contributed by atoms with Gasteiger partial charge in [0.15, 0.2) is 0 Å². The average Bonchev–Trinajstić information content (AvgIpc) is 3.47. The third kappa shape index (κ3) is 3.68. The van der Waals surface area contributed by atoms with Gasteiger partial charge in [-0.05, 0) is 32.6 Å². The molecule has 35 heavy (non-hydrogen) atoms. The summed E-state index contributed by atoms with van der Waals surface area (Å²) < 4.78 is 10.7. The van der Waals surface area contributed by atoms with Crippen LogP contribution < -0.4 is 5.32 Å². The van der Waals surface area contributed by atoms with Gasteiger partial charge in [-0.25, -0.2) is 0 Å². The van der Waals surface area contributed by atoms with Crippen molar-refractivity contribution in [1.29, 1.82) is 0 Å². The van der Waals surface area contributed by atoms with Crippen molar-refractivity contribution < 1.29 is 14.3 Å². The third-order valence-corrected chi connectivity index (χ3v) is 6.99. The van der Waals surface area contributed by atoms with Gasteiger partial charge in [0, 0.05) is 65.0 Å². The minimum atomic E-state index is -0.348. The van der Waals surface area contributed by atoms with Gasteiger partial charge in [0.05, 0.1) is 23.9 Å². The van der Waals surface area contributed by atoms with Crippen LogP contribution in [-0.4, -0.2) is 59.2 Å². The summed E-state index contributed by atoms with van der Waals surface area (Å²) in [6.45, 7) is 2.81. The molecule has 7 nitrogen and oxygen atoms in total. The number of nitrogens with zero attached hydrogens (tertiary/aromatic N) is 3. The second kappa shape index (κ2) is 8.52. The highest BCUT2D eigenvalue weighted by Crippen LogP contribution is 2.39. The van der Waals surface area contributed by atoms with Crippen LogP contribution in [0.15, 0.2) is 60.9 Å². The van der Waals surface area contributed by atoms with Gasteiger partial charge >= 0.3 is 0 Å². The number of likely N-dealkylation sites (N-methyl/N-ethyl adjacent to an activating group) is 1. The number of hydrogen-bond acceptors (Lipinski definition) is 4. The van der Waals surface area contributed by atoms with Crippen LogP contribution in [0.3, 0.4) is 0 Å². The molecule has 2 aromatic heterocycles. The molecule has 2 aromatic carbocycles. The Morgan fingerprint density at radius 1 is 0.857 bits per heavy atom. The number of amides is 2. The summed E-state index contributed by atoms with van der Waals surface area (Å²) in [7, 11) is 4.13. The summed E-state index contributed by atoms with van der Waals surface area (Å²) in [5, 5.41) is 4.48. The first-order valence-corrected chi connectivity index (χ1v) is 12.0. The van der Waals surface area contributed by atoms with E-state index in [0.29, 0.717) is 24.3 Å². The summed E-state index contributed by atoms with van der Waals surface area (Å²) in [4.78, 5) is 28.5. The van der Waals surface area contributed by atoms with Crippen LogP contribution >= 0.6 is 0 Å². The van der Waals surface area contributed by atoms with Gasteiger partial charge in [-0.3, -0.25) is 14.9 Å². The number of aryl methyl sites for hydroxylation is 1. The second-order valence-corrected chi connectivity index (χ2v) is 9.58. The zero-order valence-electron chi connectivity index (χ0n) is 20.0. The predicted octanol–water partition coefficient (Wildman–Crippen LogP) is 3.51. The number of ether oxygens (including phenoxy) is 1. The highest BCUT2D eigenvalue weighted by molar-refractivity contribution is 6.50. The molecule has 0 unspecified atom stereocenters. The van der Waals surface area contributed by atoms with Crippen molar-refractivity contribution in [2.24, 2.45) is 0 Å². The Morgan fingerprint density at radius 2 is 1.40 bits per heavy atom. The molecule has 0 radical (unpaired) electrons. The molecular formula is C28H28N4O3. The summed E-state index contributed by atoms with van der Waals surface area (Å²) in [6.07, 6.45) is 4.93. The molecule has 0 spiro atoms. The maximum absolute atomic E-state index is 13.2. The Kier molecular flexibility index (Phi) is 5.31. The largest absolute Gasteiger partial charge is 0.375 e. The van der Waals surface area contributed by atoms with Gasteiger partial charge in [0.25, 0.3) is 11.8 Å². The normalized spacial score (nSPS) is 18.9. The van der Waals surface area contributed by atoms with Crippen molar-refractivity contribution in [2.75, 3.05) is 27.2 Å². The standard InChI is InChI=1S/C28H28N4O3/c1-30(2)15-18-11-12-31-16-21(19-7-3-5-9-23(19)31)25-26(28(34)29-27(25)33)22-17-32(13-14-35-18)24-10-6-4-8-20(22)24/h3-10,16-18H,11-15H2,1-2H3,(H,29,33,34)/t18-/m1/s1. The Balaban J connectivity index is 1.62. The molecule has 0 aliphatic carbocycles. The molecular weight excluding hydrogens is 440 g/mol. The number of nitrogens with one attached hydrogen (secondary N) is 1. The van der Waals surface area contributed by atoms with E-state index in [1.807, 2.05) is 48.8 Å². The molecule has 4 bridgehead atoms. The van der Waals surface area contributed by atoms with Crippen molar-refractivity contribution in [3.05, 3.63) is 72.1 Å². The van der Waals surface area contributed by atoms with E-state index in [1.54, 1.807) is 0 Å². The monoisotopic (exact) mass is 468 g/mol. The molecule has 7 heteroatoms. The summed E-state index contributed by atoms with van der Waals surface area (Å²) in [6, 6.07) is 16.1. The smallest absolute Gasteiger partial charge is 0.259 e. The topological polar surface area (TPSA) is 68.5 Å². The van der Waals surface area contributed by atoms with Gasteiger partial charge < -0.3 is 18.8 Å². The van der Waals surface area contributed by atoms with Gasteiger partial charge in [-0.2, -0.15) is 0 Å². The van der Waals surface area contributed by atoms with Crippen LogP contribution in [0.5, 0.6) is 0 Å². The summed E-state index contributed by atoms with van der Waals surface area (Å²) >= 11 is 0. The zero-order chi connectivity index (χ0) is 24.1. The number of carbonyl (C=O) groups excluding carboxylic acids is 2. The maximum atomic E-state index is 13.2. The fourth-order valence-corrected chi connectivity index (χ4v) is 5.47. The Labute approximate surface area is 203 Å². The summed E-state index contributed by atoms with van der Waals surface area (Å²) in [5.41, 5.74) is 4.52. The molecule has 1 N–H and O–H groups in total. The van der Waals surface area contributed by atoms with Crippen LogP contribution in [0.2, 0.25) is 0 Å². The maximum Gasteiger partial charge on any atom is 0.259 e. The third-order valence-electron chi connectivity index (χ3n) is 6.99. The zero-order valence-corrected chi connectivity index (χ0v) is 20.0. The van der Waals surface area contributed by atoms with Crippen LogP contribution in [0.1, 0.15) is 17.5 Å². The van der Waals surface area contributed by atoms with E-state index < -0.39 is 0 Å². The Hall–Kier alpha value is -3.68. The molecule has 0 saturated heterocycles. The van der Waals surface area contributed by atoms with E-state index in [0.717, 1.165) is 52.4 Å². The van der Waals surface area contributed by atoms with Gasteiger partial charge in [0.1, 0.15) is 0 Å². The van der Waals surface area contributed by atoms with E-state index in [9.17, 15) is 9.59 Å². The van der Waals surface area contributed by atoms with E-state index in [-0.39, 0.29) is 17.9 Å². The first-order valence-electron chi connectivity index (χ1n) is 12.0. The molecule has 6 rings (SSSR count). The number of imide groups is 1. The summed E-state index contributed by atoms with van der Waals surface area (Å²) in [5.74, 6) is -0.690. The van der Waals surface area contributed by atoms with Crippen LogP contribution in [0.4, 0.5) is 0 Å². The van der Waals surface area contributed by atoms with E-state index in [2.05, 4.69) is 45.6 Å². The molecule has 4 heterocycles. The molecule has 2 amide bonds. The predicted molar refractivity (Wildman–Crippen MR) is 137 cm³/mol. The molecule has 178 valence electrons. The SMILES string of the molecule is CN(C)C[C@H]1CCn2cc(c3ccccc32)C2=C(C(=O)NC2=O)c2cn(c3ccccc23)CCO1. The van der Waals surface area contributed by atoms with Crippen LogP contribution in [0, 0.1) is 0 Å². The number of fused-ring (bicyclic) bond motifs is 12. The molecule has 2 aliphatic heterocycles. The lowest BCUT2D eigenvalue weighted by molar-refractivity contribution is -0.122. The molecule has 0 saturated carbocycles. The van der Waals surface area contributed by atoms with Crippen molar-refractivity contribution in [3.63, 3.8) is 0 Å². The lowest BCUT2D eigenvalue weighted by Crippen LogP contribution is -2.30. The van der Waals surface area contributed by atoms with E-state index in [1.165, 1.54) is 0 Å². The van der Waals surface area contributed by atoms with Crippen LogP contribution in [0.25, 0.3) is 33.0 Å². The second-order valence-electron chi connectivity index (χ2n) is 9.58. The van der Waals surface area contributed by atoms with Gasteiger partial charge in [-0.15, -0.1) is 0 Å². The number of para-hydroxylation sites is 2. The molecule has 2 aliphatic rings. The molecule has 0 fully saturated rings. The van der Waals surface area contributed by atoms with Crippen molar-refractivity contribution >= 4 is 44.8 Å². The number of carbonyl (C=O) groups is 2. The number of hydrogen-bond donors (Lipinski definition) is 1. The highest BCUT2D eigenvalue weighted by atomic mass is 16.5. The average molecular weight is 469 g/mol. The first-order chi connectivity index (χ1) is 17.0. The van der Waals surface area contributed by atoms with Crippen LogP contribution in [-0.2, 0) is 27.4 Å². The van der Waals surface area contributed by atoms with Gasteiger partial charge in [0.2, 0.25) is 0 Å². The molecule has 1 atom stereocenters. The van der Waals surface area contributed by atoms with Gasteiger partial charge in [-0.1, -0.05) is 36.4 Å². The fraction of sp³-hybridized carbons (Fsp3) is 0.286. The first kappa shape index (κ1) is 21.8. The van der Waals surface area contributed by atoms with Crippen molar-refractivity contribution in [2.45, 2.75) is 25.6 Å². The number of benzene rings is 2. The lowest BCUT2D eigenvalue weighted by atomic mass is 9.95.